The monoisotopic (exact) mass is 332 g/mol. The molecule has 0 spiro atoms. The fraction of sp³-hybridized carbons (Fsp3) is 0.348. The summed E-state index contributed by atoms with van der Waals surface area (Å²) in [6.45, 7) is 5.54. The highest BCUT2D eigenvalue weighted by atomic mass is 16.6. The molecule has 2 aliphatic rings. The van der Waals surface area contributed by atoms with Gasteiger partial charge in [0.25, 0.3) is 0 Å². The average molecular weight is 332 g/mol. The van der Waals surface area contributed by atoms with Gasteiger partial charge in [-0.15, -0.1) is 0 Å². The van der Waals surface area contributed by atoms with Crippen LogP contribution in [0.25, 0.3) is 11.1 Å². The van der Waals surface area contributed by atoms with Crippen LogP contribution in [0.3, 0.4) is 0 Å². The molecule has 2 aromatic rings. The van der Waals surface area contributed by atoms with Gasteiger partial charge in [0.1, 0.15) is 0 Å². The minimum absolute atomic E-state index is 0.294. The molecule has 0 unspecified atom stereocenters. The Labute approximate surface area is 149 Å². The molecule has 0 aliphatic heterocycles. The Hall–Kier alpha value is -2.35. The van der Waals surface area contributed by atoms with E-state index in [9.17, 15) is 4.79 Å². The van der Waals surface area contributed by atoms with Gasteiger partial charge < -0.3 is 4.74 Å². The lowest BCUT2D eigenvalue weighted by atomic mass is 9.72. The van der Waals surface area contributed by atoms with E-state index in [0.717, 1.165) is 24.0 Å². The van der Waals surface area contributed by atoms with Crippen molar-refractivity contribution in [1.29, 1.82) is 0 Å². The van der Waals surface area contributed by atoms with E-state index in [0.29, 0.717) is 11.5 Å². The molecule has 2 nitrogen and oxygen atoms in total. The van der Waals surface area contributed by atoms with Crippen molar-refractivity contribution in [2.75, 3.05) is 0 Å². The van der Waals surface area contributed by atoms with Crippen molar-refractivity contribution in [3.05, 3.63) is 71.8 Å². The van der Waals surface area contributed by atoms with Crippen LogP contribution in [0.15, 0.2) is 60.7 Å². The number of esters is 1. The number of benzene rings is 2. The molecule has 2 aromatic carbocycles. The Kier molecular flexibility index (Phi) is 3.99. The largest absolute Gasteiger partial charge is 0.446 e. The lowest BCUT2D eigenvalue weighted by Gasteiger charge is -2.41. The highest BCUT2D eigenvalue weighted by molar-refractivity contribution is 5.89. The highest BCUT2D eigenvalue weighted by Gasteiger charge is 2.51. The van der Waals surface area contributed by atoms with Crippen LogP contribution in [-0.4, -0.2) is 5.97 Å². The first kappa shape index (κ1) is 16.1. The van der Waals surface area contributed by atoms with Crippen LogP contribution >= 0.6 is 0 Å². The van der Waals surface area contributed by atoms with Gasteiger partial charge in [0.15, 0.2) is 5.60 Å². The quantitative estimate of drug-likeness (QED) is 0.539. The Balaban J connectivity index is 1.96. The molecule has 0 saturated heterocycles. The molecule has 0 N–H and O–H groups in total. The number of hydrogen-bond donors (Lipinski definition) is 0. The van der Waals surface area contributed by atoms with E-state index in [1.54, 1.807) is 6.92 Å². The zero-order valence-corrected chi connectivity index (χ0v) is 14.8. The van der Waals surface area contributed by atoms with Crippen molar-refractivity contribution in [1.82, 2.24) is 0 Å². The molecular weight excluding hydrogens is 308 g/mol. The summed E-state index contributed by atoms with van der Waals surface area (Å²) in [5.74, 6) is 0.0198. The molecule has 0 aromatic heterocycles. The summed E-state index contributed by atoms with van der Waals surface area (Å²) >= 11 is 0. The van der Waals surface area contributed by atoms with Crippen LogP contribution in [0.4, 0.5) is 0 Å². The van der Waals surface area contributed by atoms with Gasteiger partial charge in [-0.05, 0) is 30.9 Å². The summed E-state index contributed by atoms with van der Waals surface area (Å²) in [5, 5.41) is 0. The van der Waals surface area contributed by atoms with Crippen molar-refractivity contribution in [3.8, 4) is 11.1 Å². The van der Waals surface area contributed by atoms with E-state index < -0.39 is 5.60 Å². The molecule has 128 valence electrons. The van der Waals surface area contributed by atoms with Gasteiger partial charge in [-0.25, -0.2) is 4.79 Å². The molecule has 2 aliphatic carbocycles. The predicted molar refractivity (Wildman–Crippen MR) is 100 cm³/mol. The summed E-state index contributed by atoms with van der Waals surface area (Å²) in [6.07, 6.45) is 5.84. The number of carbonyl (C=O) groups excluding carboxylic acids is 1. The Morgan fingerprint density at radius 2 is 1.48 bits per heavy atom. The minimum atomic E-state index is -0.677. The predicted octanol–water partition coefficient (Wildman–Crippen LogP) is 5.61. The molecule has 0 atom stereocenters. The summed E-state index contributed by atoms with van der Waals surface area (Å²) < 4.78 is 6.31. The molecule has 1 saturated carbocycles. The molecule has 2 heteroatoms. The SMILES string of the molecule is C=C(C)C(=O)OC1(C2CCCCC2)c2ccccc2-c2ccccc21. The molecule has 1 fully saturated rings. The highest BCUT2D eigenvalue weighted by Crippen LogP contribution is 2.56. The van der Waals surface area contributed by atoms with Crippen molar-refractivity contribution in [3.63, 3.8) is 0 Å². The maximum absolute atomic E-state index is 12.6. The fourth-order valence-electron chi connectivity index (χ4n) is 4.60. The van der Waals surface area contributed by atoms with E-state index in [2.05, 4.69) is 55.1 Å². The van der Waals surface area contributed by atoms with Gasteiger partial charge >= 0.3 is 5.97 Å². The second-order valence-corrected chi connectivity index (χ2v) is 7.33. The lowest BCUT2D eigenvalue weighted by Crippen LogP contribution is -2.40. The van der Waals surface area contributed by atoms with Gasteiger partial charge in [-0.3, -0.25) is 0 Å². The van der Waals surface area contributed by atoms with Crippen LogP contribution in [0.5, 0.6) is 0 Å². The van der Waals surface area contributed by atoms with E-state index in [4.69, 9.17) is 4.74 Å². The number of rotatable bonds is 3. The van der Waals surface area contributed by atoms with Crippen molar-refractivity contribution in [2.24, 2.45) is 5.92 Å². The van der Waals surface area contributed by atoms with Crippen LogP contribution < -0.4 is 0 Å². The average Bonchev–Trinajstić information content (AvgIpc) is 2.94. The third-order valence-corrected chi connectivity index (χ3v) is 5.73. The van der Waals surface area contributed by atoms with Crippen LogP contribution in [0.1, 0.15) is 50.2 Å². The maximum atomic E-state index is 12.6. The molecule has 25 heavy (non-hydrogen) atoms. The topological polar surface area (TPSA) is 26.3 Å². The second kappa shape index (κ2) is 6.18. The summed E-state index contributed by atoms with van der Waals surface area (Å²) in [7, 11) is 0. The summed E-state index contributed by atoms with van der Waals surface area (Å²) in [4.78, 5) is 12.6. The Morgan fingerprint density at radius 1 is 0.960 bits per heavy atom. The molecular formula is C23H24O2. The lowest BCUT2D eigenvalue weighted by molar-refractivity contribution is -0.158. The third kappa shape index (κ3) is 2.43. The summed E-state index contributed by atoms with van der Waals surface area (Å²) in [6, 6.07) is 16.8. The van der Waals surface area contributed by atoms with Crippen molar-refractivity contribution < 1.29 is 9.53 Å². The van der Waals surface area contributed by atoms with Crippen molar-refractivity contribution in [2.45, 2.75) is 44.6 Å². The molecule has 0 bridgehead atoms. The zero-order chi connectivity index (χ0) is 17.4. The molecule has 0 amide bonds. The van der Waals surface area contributed by atoms with E-state index in [1.165, 1.54) is 30.4 Å². The number of hydrogen-bond acceptors (Lipinski definition) is 2. The first-order valence-electron chi connectivity index (χ1n) is 9.23. The normalized spacial score (nSPS) is 18.3. The number of fused-ring (bicyclic) bond motifs is 3. The minimum Gasteiger partial charge on any atom is -0.446 e. The third-order valence-electron chi connectivity index (χ3n) is 5.73. The van der Waals surface area contributed by atoms with Crippen molar-refractivity contribution >= 4 is 5.97 Å². The van der Waals surface area contributed by atoms with Gasteiger partial charge in [0, 0.05) is 22.6 Å². The standard InChI is InChI=1S/C23H24O2/c1-16(2)22(24)25-23(17-10-4-3-5-11-17)20-14-8-6-12-18(20)19-13-7-9-15-21(19)23/h6-9,12-15,17H,1,3-5,10-11H2,2H3. The first-order chi connectivity index (χ1) is 12.1. The van der Waals surface area contributed by atoms with Crippen LogP contribution in [0.2, 0.25) is 0 Å². The summed E-state index contributed by atoms with van der Waals surface area (Å²) in [5.41, 5.74) is 4.44. The van der Waals surface area contributed by atoms with Gasteiger partial charge in [0.2, 0.25) is 0 Å². The Bertz CT molecular complexity index is 782. The van der Waals surface area contributed by atoms with Gasteiger partial charge in [-0.2, -0.15) is 0 Å². The van der Waals surface area contributed by atoms with E-state index in [1.807, 2.05) is 0 Å². The number of ether oxygens (including phenoxy) is 1. The van der Waals surface area contributed by atoms with Gasteiger partial charge in [-0.1, -0.05) is 74.4 Å². The molecule has 0 radical (unpaired) electrons. The van der Waals surface area contributed by atoms with Crippen LogP contribution in [-0.2, 0) is 15.1 Å². The first-order valence-corrected chi connectivity index (χ1v) is 9.23. The zero-order valence-electron chi connectivity index (χ0n) is 14.8. The molecule has 0 heterocycles. The van der Waals surface area contributed by atoms with E-state index >= 15 is 0 Å². The smallest absolute Gasteiger partial charge is 0.334 e. The van der Waals surface area contributed by atoms with Crippen LogP contribution in [0, 0.1) is 5.92 Å². The van der Waals surface area contributed by atoms with E-state index in [-0.39, 0.29) is 5.97 Å². The second-order valence-electron chi connectivity index (χ2n) is 7.33. The van der Waals surface area contributed by atoms with Gasteiger partial charge in [0.05, 0.1) is 0 Å². The fourth-order valence-corrected chi connectivity index (χ4v) is 4.60. The Morgan fingerprint density at radius 3 is 2.00 bits per heavy atom. The number of carbonyl (C=O) groups is 1. The molecule has 4 rings (SSSR count). The maximum Gasteiger partial charge on any atom is 0.334 e.